The molecule has 0 unspecified atom stereocenters. The Morgan fingerprint density at radius 1 is 1.08 bits per heavy atom. The molecule has 2 aliphatic rings. The molecule has 0 aromatic heterocycles. The number of rotatable bonds is 5. The van der Waals surface area contributed by atoms with E-state index in [1.54, 1.807) is 0 Å². The smallest absolute Gasteiger partial charge is 0.231 e. The standard InChI is InChI=1S/C22H28N2O2/c1-3-5-11-22(4-2)14-23-18-13-20-19(25-15-26-20)12-17(18)21(24-22)16-9-7-6-8-10-16/h6-10,12-13,21,23-24H,3-5,11,14-15H2,1-2H3/t21-,22-/m1/s1. The number of nitrogens with one attached hydrogen (secondary N) is 2. The number of unbranched alkanes of at least 4 members (excludes halogenated alkanes) is 1. The Kier molecular flexibility index (Phi) is 4.77. The minimum Gasteiger partial charge on any atom is -0.454 e. The van der Waals surface area contributed by atoms with Crippen LogP contribution in [-0.2, 0) is 0 Å². The van der Waals surface area contributed by atoms with E-state index < -0.39 is 0 Å². The Hall–Kier alpha value is -2.20. The molecule has 0 fully saturated rings. The Balaban J connectivity index is 1.78. The summed E-state index contributed by atoms with van der Waals surface area (Å²) in [5.74, 6) is 1.67. The van der Waals surface area contributed by atoms with Gasteiger partial charge >= 0.3 is 0 Å². The van der Waals surface area contributed by atoms with Crippen LogP contribution in [0.3, 0.4) is 0 Å². The highest BCUT2D eigenvalue weighted by Crippen LogP contribution is 2.43. The zero-order valence-electron chi connectivity index (χ0n) is 15.7. The molecule has 0 saturated carbocycles. The van der Waals surface area contributed by atoms with E-state index in [0.717, 1.165) is 36.6 Å². The van der Waals surface area contributed by atoms with Crippen molar-refractivity contribution in [2.24, 2.45) is 0 Å². The van der Waals surface area contributed by atoms with Crippen molar-refractivity contribution in [1.82, 2.24) is 5.32 Å². The van der Waals surface area contributed by atoms with Gasteiger partial charge in [0.15, 0.2) is 11.5 Å². The summed E-state index contributed by atoms with van der Waals surface area (Å²) in [4.78, 5) is 0. The van der Waals surface area contributed by atoms with E-state index in [2.05, 4.69) is 66.9 Å². The van der Waals surface area contributed by atoms with Gasteiger partial charge in [0.2, 0.25) is 6.79 Å². The van der Waals surface area contributed by atoms with E-state index in [1.165, 1.54) is 24.0 Å². The van der Waals surface area contributed by atoms with Crippen LogP contribution < -0.4 is 20.1 Å². The van der Waals surface area contributed by atoms with Crippen LogP contribution in [0.4, 0.5) is 5.69 Å². The summed E-state index contributed by atoms with van der Waals surface area (Å²) in [6, 6.07) is 15.1. The topological polar surface area (TPSA) is 42.5 Å². The molecule has 26 heavy (non-hydrogen) atoms. The number of anilines is 1. The summed E-state index contributed by atoms with van der Waals surface area (Å²) in [6.07, 6.45) is 4.69. The first-order chi connectivity index (χ1) is 12.7. The molecule has 2 aromatic rings. The number of fused-ring (bicyclic) bond motifs is 2. The summed E-state index contributed by atoms with van der Waals surface area (Å²) in [6.45, 7) is 5.77. The maximum atomic E-state index is 5.65. The molecule has 0 saturated heterocycles. The first-order valence-electron chi connectivity index (χ1n) is 9.75. The van der Waals surface area contributed by atoms with E-state index in [9.17, 15) is 0 Å². The van der Waals surface area contributed by atoms with E-state index >= 15 is 0 Å². The van der Waals surface area contributed by atoms with E-state index in [1.807, 2.05) is 0 Å². The first-order valence-corrected chi connectivity index (χ1v) is 9.75. The lowest BCUT2D eigenvalue weighted by atomic mass is 9.87. The summed E-state index contributed by atoms with van der Waals surface area (Å²) < 4.78 is 11.3. The van der Waals surface area contributed by atoms with Crippen molar-refractivity contribution in [2.75, 3.05) is 18.7 Å². The van der Waals surface area contributed by atoms with Crippen LogP contribution >= 0.6 is 0 Å². The average molecular weight is 352 g/mol. The largest absolute Gasteiger partial charge is 0.454 e. The van der Waals surface area contributed by atoms with Crippen LogP contribution in [0.25, 0.3) is 0 Å². The van der Waals surface area contributed by atoms with Crippen molar-refractivity contribution < 1.29 is 9.47 Å². The molecule has 2 aliphatic heterocycles. The Morgan fingerprint density at radius 3 is 2.58 bits per heavy atom. The summed E-state index contributed by atoms with van der Waals surface area (Å²) in [7, 11) is 0. The monoisotopic (exact) mass is 352 g/mol. The van der Waals surface area contributed by atoms with E-state index in [4.69, 9.17) is 9.47 Å². The van der Waals surface area contributed by atoms with Crippen LogP contribution in [0.15, 0.2) is 42.5 Å². The summed E-state index contributed by atoms with van der Waals surface area (Å²) in [5.41, 5.74) is 3.72. The SMILES string of the molecule is CCCC[C@]1(CC)CNc2cc3c(cc2[C@@H](c2ccccc2)N1)OCO3. The number of hydrogen-bond donors (Lipinski definition) is 2. The van der Waals surface area contributed by atoms with Crippen LogP contribution in [0.1, 0.15) is 56.7 Å². The van der Waals surface area contributed by atoms with Crippen LogP contribution in [0.2, 0.25) is 0 Å². The van der Waals surface area contributed by atoms with Gasteiger partial charge in [-0.1, -0.05) is 57.0 Å². The van der Waals surface area contributed by atoms with Gasteiger partial charge in [-0.05, 0) is 24.5 Å². The lowest BCUT2D eigenvalue weighted by molar-refractivity contribution is 0.174. The molecule has 2 aromatic carbocycles. The van der Waals surface area contributed by atoms with Crippen molar-refractivity contribution in [2.45, 2.75) is 51.1 Å². The second-order valence-electron chi connectivity index (χ2n) is 7.37. The highest BCUT2D eigenvalue weighted by molar-refractivity contribution is 5.64. The van der Waals surface area contributed by atoms with Gasteiger partial charge in [-0.25, -0.2) is 0 Å². The molecule has 0 aliphatic carbocycles. The van der Waals surface area contributed by atoms with Crippen molar-refractivity contribution in [3.8, 4) is 11.5 Å². The third kappa shape index (κ3) is 3.14. The predicted octanol–water partition coefficient (Wildman–Crippen LogP) is 4.86. The van der Waals surface area contributed by atoms with Crippen molar-refractivity contribution in [3.63, 3.8) is 0 Å². The van der Waals surface area contributed by atoms with Crippen molar-refractivity contribution in [1.29, 1.82) is 0 Å². The van der Waals surface area contributed by atoms with Crippen LogP contribution in [0.5, 0.6) is 11.5 Å². The third-order valence-corrected chi connectivity index (χ3v) is 5.74. The third-order valence-electron chi connectivity index (χ3n) is 5.74. The maximum Gasteiger partial charge on any atom is 0.231 e. The molecule has 4 heteroatoms. The van der Waals surface area contributed by atoms with Gasteiger partial charge in [-0.2, -0.15) is 0 Å². The van der Waals surface area contributed by atoms with Gasteiger partial charge in [-0.3, -0.25) is 5.32 Å². The fourth-order valence-electron chi connectivity index (χ4n) is 4.04. The molecule has 0 amide bonds. The van der Waals surface area contributed by atoms with Crippen molar-refractivity contribution >= 4 is 5.69 Å². The normalized spacial score (nSPS) is 23.8. The quantitative estimate of drug-likeness (QED) is 0.806. The zero-order chi connectivity index (χ0) is 18.0. The second kappa shape index (κ2) is 7.20. The summed E-state index contributed by atoms with van der Waals surface area (Å²) >= 11 is 0. The van der Waals surface area contributed by atoms with Gasteiger partial charge in [0.05, 0.1) is 6.04 Å². The van der Waals surface area contributed by atoms with Crippen molar-refractivity contribution in [3.05, 3.63) is 53.6 Å². The zero-order valence-corrected chi connectivity index (χ0v) is 15.7. The van der Waals surface area contributed by atoms with Gasteiger partial charge in [0, 0.05) is 29.4 Å². The minimum atomic E-state index is 0.0711. The first kappa shape index (κ1) is 17.2. The molecule has 0 spiro atoms. The molecular weight excluding hydrogens is 324 g/mol. The lowest BCUT2D eigenvalue weighted by Crippen LogP contribution is -2.50. The molecule has 2 atom stereocenters. The van der Waals surface area contributed by atoms with Gasteiger partial charge < -0.3 is 14.8 Å². The number of ether oxygens (including phenoxy) is 2. The highest BCUT2D eigenvalue weighted by Gasteiger charge is 2.36. The Bertz CT molecular complexity index is 762. The van der Waals surface area contributed by atoms with Crippen LogP contribution in [-0.4, -0.2) is 18.9 Å². The van der Waals surface area contributed by atoms with Gasteiger partial charge in [0.25, 0.3) is 0 Å². The molecule has 4 nitrogen and oxygen atoms in total. The average Bonchev–Trinajstić information content (AvgIpc) is 3.08. The number of hydrogen-bond acceptors (Lipinski definition) is 4. The molecule has 2 heterocycles. The molecule has 2 N–H and O–H groups in total. The molecule has 138 valence electrons. The maximum absolute atomic E-state index is 5.65. The highest BCUT2D eigenvalue weighted by atomic mass is 16.7. The minimum absolute atomic E-state index is 0.0711. The molecule has 4 rings (SSSR count). The fraction of sp³-hybridized carbons (Fsp3) is 0.455. The summed E-state index contributed by atoms with van der Waals surface area (Å²) in [5, 5.41) is 7.73. The lowest BCUT2D eigenvalue weighted by Gasteiger charge is -2.36. The van der Waals surface area contributed by atoms with E-state index in [-0.39, 0.29) is 11.6 Å². The molecule has 0 radical (unpaired) electrons. The van der Waals surface area contributed by atoms with E-state index in [0.29, 0.717) is 6.79 Å². The van der Waals surface area contributed by atoms with Crippen LogP contribution in [0, 0.1) is 0 Å². The Morgan fingerprint density at radius 2 is 1.85 bits per heavy atom. The molecular formula is C22H28N2O2. The predicted molar refractivity (Wildman–Crippen MR) is 105 cm³/mol. The van der Waals surface area contributed by atoms with Gasteiger partial charge in [0.1, 0.15) is 0 Å². The number of benzene rings is 2. The molecule has 0 bridgehead atoms. The Labute approximate surface area is 155 Å². The second-order valence-corrected chi connectivity index (χ2v) is 7.37. The van der Waals surface area contributed by atoms with Gasteiger partial charge in [-0.15, -0.1) is 0 Å². The fourth-order valence-corrected chi connectivity index (χ4v) is 4.04.